The molecule has 2 aromatic rings. The Balaban J connectivity index is 0.00000264. The Bertz CT molecular complexity index is 633. The molecule has 0 saturated carbocycles. The highest BCUT2D eigenvalue weighted by Gasteiger charge is 2.10. The maximum Gasteiger partial charge on any atom is 0.194 e. The van der Waals surface area contributed by atoms with Crippen LogP contribution < -0.4 is 5.32 Å². The van der Waals surface area contributed by atoms with E-state index >= 15 is 0 Å². The third-order valence-electron chi connectivity index (χ3n) is 3.24. The van der Waals surface area contributed by atoms with E-state index in [1.807, 2.05) is 31.2 Å². The lowest BCUT2D eigenvalue weighted by atomic mass is 10.2. The molecule has 0 aromatic carbocycles. The number of rotatable bonds is 5. The lowest BCUT2D eigenvalue weighted by molar-refractivity contribution is 0.476. The first-order chi connectivity index (χ1) is 10.5. The Hall–Kier alpha value is -1.16. The number of hydrogen-bond donors (Lipinski definition) is 1. The lowest BCUT2D eigenvalue weighted by Crippen LogP contribution is -2.38. The van der Waals surface area contributed by atoms with E-state index in [0.717, 1.165) is 23.8 Å². The zero-order chi connectivity index (χ0) is 16.1. The van der Waals surface area contributed by atoms with E-state index in [2.05, 4.69) is 44.5 Å². The molecule has 0 amide bonds. The number of aliphatic imine (C=N–C) groups is 1. The van der Waals surface area contributed by atoms with Gasteiger partial charge in [0.05, 0.1) is 23.4 Å². The van der Waals surface area contributed by atoms with Crippen LogP contribution in [0.2, 0.25) is 0 Å². The maximum absolute atomic E-state index is 4.63. The van der Waals surface area contributed by atoms with Crippen molar-refractivity contribution in [3.8, 4) is 0 Å². The predicted octanol–water partition coefficient (Wildman–Crippen LogP) is 2.83. The van der Waals surface area contributed by atoms with Gasteiger partial charge >= 0.3 is 0 Å². The van der Waals surface area contributed by atoms with E-state index in [-0.39, 0.29) is 24.0 Å². The summed E-state index contributed by atoms with van der Waals surface area (Å²) in [5.41, 5.74) is 2.22. The fourth-order valence-electron chi connectivity index (χ4n) is 2.13. The SMILES string of the molecule is CN=C(NCc1csc(C(C)C)n1)N(C)Cc1cnn(C)c1.I. The highest BCUT2D eigenvalue weighted by Crippen LogP contribution is 2.18. The molecule has 1 N–H and O–H groups in total. The zero-order valence-electron chi connectivity index (χ0n) is 14.3. The number of thiazole rings is 1. The molecule has 0 atom stereocenters. The number of aryl methyl sites for hydroxylation is 1. The second-order valence-electron chi connectivity index (χ2n) is 5.61. The van der Waals surface area contributed by atoms with Gasteiger partial charge in [-0.05, 0) is 0 Å². The summed E-state index contributed by atoms with van der Waals surface area (Å²) in [5.74, 6) is 1.33. The van der Waals surface area contributed by atoms with Gasteiger partial charge < -0.3 is 10.2 Å². The summed E-state index contributed by atoms with van der Waals surface area (Å²) < 4.78 is 1.81. The summed E-state index contributed by atoms with van der Waals surface area (Å²) >= 11 is 1.72. The predicted molar refractivity (Wildman–Crippen MR) is 106 cm³/mol. The maximum atomic E-state index is 4.63. The van der Waals surface area contributed by atoms with E-state index in [0.29, 0.717) is 12.5 Å². The van der Waals surface area contributed by atoms with Gasteiger partial charge in [-0.1, -0.05) is 13.8 Å². The van der Waals surface area contributed by atoms with Crippen molar-refractivity contribution in [2.24, 2.45) is 12.0 Å². The van der Waals surface area contributed by atoms with E-state index in [1.165, 1.54) is 5.01 Å². The van der Waals surface area contributed by atoms with Gasteiger partial charge in [0.2, 0.25) is 0 Å². The topological polar surface area (TPSA) is 58.3 Å². The van der Waals surface area contributed by atoms with Crippen molar-refractivity contribution in [3.63, 3.8) is 0 Å². The highest BCUT2D eigenvalue weighted by molar-refractivity contribution is 14.0. The van der Waals surface area contributed by atoms with Gasteiger partial charge in [-0.2, -0.15) is 5.10 Å². The normalized spacial score (nSPS) is 11.5. The van der Waals surface area contributed by atoms with Crippen molar-refractivity contribution in [3.05, 3.63) is 34.0 Å². The first kappa shape index (κ1) is 19.9. The average Bonchev–Trinajstić information content (AvgIpc) is 3.09. The molecule has 0 radical (unpaired) electrons. The number of halogens is 1. The Labute approximate surface area is 159 Å². The van der Waals surface area contributed by atoms with E-state index < -0.39 is 0 Å². The summed E-state index contributed by atoms with van der Waals surface area (Å²) in [6, 6.07) is 0. The third-order valence-corrected chi connectivity index (χ3v) is 4.44. The van der Waals surface area contributed by atoms with Crippen molar-refractivity contribution >= 4 is 41.3 Å². The summed E-state index contributed by atoms with van der Waals surface area (Å²) in [4.78, 5) is 11.0. The second-order valence-corrected chi connectivity index (χ2v) is 6.50. The Kier molecular flexibility index (Phi) is 7.97. The fraction of sp³-hybridized carbons (Fsp3) is 0.533. The molecule has 0 unspecified atom stereocenters. The second kappa shape index (κ2) is 9.21. The van der Waals surface area contributed by atoms with Gasteiger partial charge in [-0.3, -0.25) is 9.67 Å². The van der Waals surface area contributed by atoms with Gasteiger partial charge in [0, 0.05) is 50.7 Å². The molecule has 0 aliphatic carbocycles. The highest BCUT2D eigenvalue weighted by atomic mass is 127. The molecule has 0 spiro atoms. The number of aromatic nitrogens is 3. The van der Waals surface area contributed by atoms with E-state index in [4.69, 9.17) is 0 Å². The van der Waals surface area contributed by atoms with Crippen LogP contribution in [0.25, 0.3) is 0 Å². The minimum Gasteiger partial charge on any atom is -0.351 e. The van der Waals surface area contributed by atoms with Crippen molar-refractivity contribution in [1.29, 1.82) is 0 Å². The van der Waals surface area contributed by atoms with Gasteiger partial charge in [0.1, 0.15) is 0 Å². The Morgan fingerprint density at radius 3 is 2.74 bits per heavy atom. The van der Waals surface area contributed by atoms with Gasteiger partial charge in [0.25, 0.3) is 0 Å². The zero-order valence-corrected chi connectivity index (χ0v) is 17.4. The molecule has 0 bridgehead atoms. The number of nitrogens with one attached hydrogen (secondary N) is 1. The Morgan fingerprint density at radius 2 is 2.22 bits per heavy atom. The van der Waals surface area contributed by atoms with E-state index in [9.17, 15) is 0 Å². The van der Waals surface area contributed by atoms with Crippen LogP contribution in [0.3, 0.4) is 0 Å². The molecule has 0 saturated heterocycles. The van der Waals surface area contributed by atoms with Gasteiger partial charge in [-0.15, -0.1) is 35.3 Å². The minimum absolute atomic E-state index is 0. The fourth-order valence-corrected chi connectivity index (χ4v) is 2.96. The first-order valence-corrected chi connectivity index (χ1v) is 8.21. The molecular formula is C15H25IN6S. The quantitative estimate of drug-likeness (QED) is 0.434. The van der Waals surface area contributed by atoms with Crippen LogP contribution in [0.4, 0.5) is 0 Å². The van der Waals surface area contributed by atoms with Crippen LogP contribution in [0.1, 0.15) is 36.0 Å². The summed E-state index contributed by atoms with van der Waals surface area (Å²) in [6.45, 7) is 5.78. The van der Waals surface area contributed by atoms with Crippen LogP contribution in [-0.2, 0) is 20.1 Å². The largest absolute Gasteiger partial charge is 0.351 e. The molecule has 128 valence electrons. The van der Waals surface area contributed by atoms with Crippen molar-refractivity contribution in [1.82, 2.24) is 25.0 Å². The summed E-state index contributed by atoms with van der Waals surface area (Å²) in [6.07, 6.45) is 3.89. The smallest absolute Gasteiger partial charge is 0.194 e. The molecule has 2 aromatic heterocycles. The standard InChI is InChI=1S/C15H24N6S.HI/c1-11(2)14-19-13(10-22-14)7-17-15(16-3)20(4)8-12-6-18-21(5)9-12;/h6,9-11H,7-8H2,1-5H3,(H,16,17);1H. The first-order valence-electron chi connectivity index (χ1n) is 7.33. The van der Waals surface area contributed by atoms with Gasteiger partial charge in [-0.25, -0.2) is 4.98 Å². The number of hydrogen-bond acceptors (Lipinski definition) is 4. The number of guanidine groups is 1. The van der Waals surface area contributed by atoms with E-state index in [1.54, 1.807) is 18.4 Å². The van der Waals surface area contributed by atoms with Crippen LogP contribution in [-0.4, -0.2) is 39.7 Å². The lowest BCUT2D eigenvalue weighted by Gasteiger charge is -2.21. The summed E-state index contributed by atoms with van der Waals surface area (Å²) in [7, 11) is 5.73. The molecule has 2 rings (SSSR count). The molecular weight excluding hydrogens is 423 g/mol. The van der Waals surface area contributed by atoms with Crippen molar-refractivity contribution in [2.45, 2.75) is 32.9 Å². The van der Waals surface area contributed by atoms with Crippen LogP contribution >= 0.6 is 35.3 Å². The average molecular weight is 448 g/mol. The molecule has 2 heterocycles. The number of nitrogens with zero attached hydrogens (tertiary/aromatic N) is 5. The van der Waals surface area contributed by atoms with Crippen LogP contribution in [0, 0.1) is 0 Å². The third kappa shape index (κ3) is 5.76. The Morgan fingerprint density at radius 1 is 1.48 bits per heavy atom. The molecule has 8 heteroatoms. The van der Waals surface area contributed by atoms with Crippen LogP contribution in [0.15, 0.2) is 22.8 Å². The molecule has 0 aliphatic heterocycles. The van der Waals surface area contributed by atoms with Gasteiger partial charge in [0.15, 0.2) is 5.96 Å². The van der Waals surface area contributed by atoms with Crippen molar-refractivity contribution in [2.75, 3.05) is 14.1 Å². The monoisotopic (exact) mass is 448 g/mol. The molecule has 6 nitrogen and oxygen atoms in total. The molecule has 0 aliphatic rings. The molecule has 23 heavy (non-hydrogen) atoms. The minimum atomic E-state index is 0. The van der Waals surface area contributed by atoms with Crippen molar-refractivity contribution < 1.29 is 0 Å². The summed E-state index contributed by atoms with van der Waals surface area (Å²) in [5, 5.41) is 10.8. The molecule has 0 fully saturated rings. The van der Waals surface area contributed by atoms with Crippen LogP contribution in [0.5, 0.6) is 0 Å².